The Labute approximate surface area is 325 Å². The van der Waals surface area contributed by atoms with Gasteiger partial charge in [-0.15, -0.1) is 11.3 Å². The number of carbonyl (C=O) groups excluding carboxylic acids is 2. The highest BCUT2D eigenvalue weighted by Gasteiger charge is 2.34. The largest absolute Gasteiger partial charge is 0.477 e. The quantitative estimate of drug-likeness (QED) is 0.176. The molecular weight excluding hydrogens is 754 g/mol. The van der Waals surface area contributed by atoms with E-state index in [4.69, 9.17) is 4.74 Å². The van der Waals surface area contributed by atoms with Crippen LogP contribution in [0.5, 0.6) is 0 Å². The number of carboxylic acids is 1. The van der Waals surface area contributed by atoms with Crippen molar-refractivity contribution in [2.45, 2.75) is 52.4 Å². The number of benzene rings is 1. The second-order valence-corrected chi connectivity index (χ2v) is 15.8. The zero-order valence-corrected chi connectivity index (χ0v) is 32.4. The molecule has 3 amide bonds. The zero-order chi connectivity index (χ0) is 40.4. The smallest absolute Gasteiger partial charge is 0.434 e. The van der Waals surface area contributed by atoms with Crippen LogP contribution in [0.2, 0.25) is 0 Å². The van der Waals surface area contributed by atoms with Crippen molar-refractivity contribution in [2.24, 2.45) is 5.92 Å². The first-order chi connectivity index (χ1) is 26.5. The van der Waals surface area contributed by atoms with Gasteiger partial charge in [-0.05, 0) is 70.3 Å². The van der Waals surface area contributed by atoms with Gasteiger partial charge >= 0.3 is 24.3 Å². The number of ether oxygens (including phenoxy) is 1. The normalized spacial score (nSPS) is 17.0. The second kappa shape index (κ2) is 16.6. The monoisotopic (exact) mass is 798 g/mol. The van der Waals surface area contributed by atoms with Gasteiger partial charge in [0.2, 0.25) is 5.43 Å². The number of aromatic nitrogens is 3. The number of piperazine rings is 1. The van der Waals surface area contributed by atoms with E-state index in [2.05, 4.69) is 30.4 Å². The molecule has 0 bridgehead atoms. The van der Waals surface area contributed by atoms with Gasteiger partial charge in [0.25, 0.3) is 0 Å². The molecule has 0 spiro atoms. The average Bonchev–Trinajstić information content (AvgIpc) is 3.82. The van der Waals surface area contributed by atoms with Crippen LogP contribution in [0.15, 0.2) is 46.8 Å². The van der Waals surface area contributed by atoms with Crippen molar-refractivity contribution < 1.29 is 37.4 Å². The molecule has 18 heteroatoms. The number of nitrogens with zero attached hydrogens (tertiary/aromatic N) is 6. The van der Waals surface area contributed by atoms with Crippen LogP contribution in [0.25, 0.3) is 32.6 Å². The number of urea groups is 1. The molecule has 5 heterocycles. The Kier molecular flexibility index (Phi) is 12.0. The number of rotatable bonds is 10. The third-order valence-corrected chi connectivity index (χ3v) is 10.6. The number of aromatic carboxylic acids is 1. The van der Waals surface area contributed by atoms with E-state index in [9.17, 15) is 37.5 Å². The van der Waals surface area contributed by atoms with E-state index < -0.39 is 40.5 Å². The third-order valence-electron chi connectivity index (χ3n) is 9.71. The molecule has 2 fully saturated rings. The molecule has 3 aromatic heterocycles. The molecule has 2 aliphatic heterocycles. The maximum Gasteiger partial charge on any atom is 0.434 e. The summed E-state index contributed by atoms with van der Waals surface area (Å²) in [4.78, 5) is 65.2. The van der Waals surface area contributed by atoms with Crippen molar-refractivity contribution >= 4 is 46.2 Å². The lowest BCUT2D eigenvalue weighted by molar-refractivity contribution is -0.140. The van der Waals surface area contributed by atoms with Crippen LogP contribution in [0.4, 0.5) is 28.6 Å². The fraction of sp³-hybridized carbons (Fsp3) is 0.474. The van der Waals surface area contributed by atoms with E-state index in [-0.39, 0.29) is 33.8 Å². The van der Waals surface area contributed by atoms with Gasteiger partial charge in [-0.3, -0.25) is 15.0 Å². The summed E-state index contributed by atoms with van der Waals surface area (Å²) >= 11 is 0.767. The van der Waals surface area contributed by atoms with Crippen LogP contribution in [-0.2, 0) is 17.5 Å². The number of thiazole rings is 1. The number of likely N-dealkylation sites (tertiary alicyclic amines) is 1. The standard InChI is InChI=1S/C38H45F3N8O6S/c1-5-42-35(53)45-31-17-25(33-44-30(22-56-33)38(39,40)41)27(18-43-31)24-6-7-29-26(16-24)32(50)28(34(51)52)21-49(29)20-23-8-9-47(19-23)11-10-46-12-14-48(15-13-46)36(54)55-37(2,3)4/h6-7,16-18,21-23H,5,8-15,19-20H2,1-4H3,(H,51,52)(H2,42,43,45,53). The molecule has 1 unspecified atom stereocenters. The van der Waals surface area contributed by atoms with E-state index in [1.54, 1.807) is 28.5 Å². The lowest BCUT2D eigenvalue weighted by Crippen LogP contribution is -2.51. The number of hydrogen-bond acceptors (Lipinski definition) is 10. The summed E-state index contributed by atoms with van der Waals surface area (Å²) in [6, 6.07) is 5.80. The molecule has 0 radical (unpaired) electrons. The number of nitrogens with one attached hydrogen (secondary N) is 2. The number of anilines is 1. The molecule has 4 aromatic rings. The fourth-order valence-electron chi connectivity index (χ4n) is 6.95. The highest BCUT2D eigenvalue weighted by molar-refractivity contribution is 7.13. The van der Waals surface area contributed by atoms with Gasteiger partial charge < -0.3 is 29.5 Å². The first-order valence-corrected chi connectivity index (χ1v) is 19.3. The molecule has 2 saturated heterocycles. The predicted molar refractivity (Wildman–Crippen MR) is 206 cm³/mol. The van der Waals surface area contributed by atoms with Crippen LogP contribution in [-0.4, -0.2) is 117 Å². The van der Waals surface area contributed by atoms with Crippen molar-refractivity contribution in [3.63, 3.8) is 0 Å². The summed E-state index contributed by atoms with van der Waals surface area (Å²) in [6.45, 7) is 14.1. The Bertz CT molecular complexity index is 2160. The van der Waals surface area contributed by atoms with Gasteiger partial charge in [0.15, 0.2) is 5.69 Å². The van der Waals surface area contributed by atoms with Crippen LogP contribution in [0.3, 0.4) is 0 Å². The minimum absolute atomic E-state index is 0.0133. The van der Waals surface area contributed by atoms with Gasteiger partial charge in [-0.25, -0.2) is 24.4 Å². The summed E-state index contributed by atoms with van der Waals surface area (Å²) in [7, 11) is 0. The molecule has 1 atom stereocenters. The van der Waals surface area contributed by atoms with Crippen LogP contribution in [0, 0.1) is 5.92 Å². The SMILES string of the molecule is CCNC(=O)Nc1cc(-c2nc(C(F)(F)F)cs2)c(-c2ccc3c(c2)c(=O)c(C(=O)O)cn3CC2CCN(CCN3CCN(C(=O)OC(C)(C)C)CC3)C2)cn1. The Morgan fingerprint density at radius 2 is 1.75 bits per heavy atom. The number of carboxylic acid groups (broad SMARTS) is 1. The van der Waals surface area contributed by atoms with E-state index in [1.165, 1.54) is 24.5 Å². The summed E-state index contributed by atoms with van der Waals surface area (Å²) < 4.78 is 48.0. The molecule has 1 aromatic carbocycles. The van der Waals surface area contributed by atoms with E-state index in [1.807, 2.05) is 20.8 Å². The first-order valence-electron chi connectivity index (χ1n) is 18.4. The highest BCUT2D eigenvalue weighted by atomic mass is 32.1. The minimum Gasteiger partial charge on any atom is -0.477 e. The second-order valence-electron chi connectivity index (χ2n) is 15.0. The molecule has 3 N–H and O–H groups in total. The molecule has 0 aliphatic carbocycles. The minimum atomic E-state index is -4.68. The van der Waals surface area contributed by atoms with Crippen molar-refractivity contribution in [1.29, 1.82) is 0 Å². The highest BCUT2D eigenvalue weighted by Crippen LogP contribution is 2.39. The summed E-state index contributed by atoms with van der Waals surface area (Å²) in [6.07, 6.45) is -1.34. The van der Waals surface area contributed by atoms with Gasteiger partial charge in [0.05, 0.1) is 5.52 Å². The average molecular weight is 799 g/mol. The third kappa shape index (κ3) is 9.65. The predicted octanol–water partition coefficient (Wildman–Crippen LogP) is 5.92. The molecule has 0 saturated carbocycles. The summed E-state index contributed by atoms with van der Waals surface area (Å²) in [5.74, 6) is -1.12. The Hall–Kier alpha value is -5.07. The Morgan fingerprint density at radius 3 is 2.41 bits per heavy atom. The zero-order valence-electron chi connectivity index (χ0n) is 31.6. The van der Waals surface area contributed by atoms with E-state index in [0.29, 0.717) is 42.8 Å². The van der Waals surface area contributed by atoms with Crippen LogP contribution >= 0.6 is 11.3 Å². The molecule has 6 rings (SSSR count). The molecule has 14 nitrogen and oxygen atoms in total. The number of halogens is 3. The topological polar surface area (TPSA) is 162 Å². The van der Waals surface area contributed by atoms with Crippen LogP contribution in [0.1, 0.15) is 50.2 Å². The van der Waals surface area contributed by atoms with Gasteiger partial charge in [-0.2, -0.15) is 13.2 Å². The Balaban J connectivity index is 1.21. The van der Waals surface area contributed by atoms with E-state index in [0.717, 1.165) is 62.4 Å². The lowest BCUT2D eigenvalue weighted by atomic mass is 9.99. The van der Waals surface area contributed by atoms with Crippen molar-refractivity contribution in [3.05, 3.63) is 63.5 Å². The number of alkyl halides is 3. The molecule has 2 aliphatic rings. The fourth-order valence-corrected chi connectivity index (χ4v) is 7.81. The van der Waals surface area contributed by atoms with Crippen LogP contribution < -0.4 is 16.1 Å². The van der Waals surface area contributed by atoms with Crippen molar-refractivity contribution in [1.82, 2.24) is 34.6 Å². The molecular formula is C38H45F3N8O6S. The first kappa shape index (κ1) is 40.6. The summed E-state index contributed by atoms with van der Waals surface area (Å²) in [5.41, 5.74) is -1.22. The number of hydrogen-bond donors (Lipinski definition) is 3. The number of pyridine rings is 2. The van der Waals surface area contributed by atoms with Crippen molar-refractivity contribution in [2.75, 3.05) is 64.2 Å². The Morgan fingerprint density at radius 1 is 1.02 bits per heavy atom. The summed E-state index contributed by atoms with van der Waals surface area (Å²) in [5, 5.41) is 16.2. The van der Waals surface area contributed by atoms with E-state index >= 15 is 0 Å². The maximum atomic E-state index is 13.6. The molecule has 300 valence electrons. The number of amides is 3. The van der Waals surface area contributed by atoms with Gasteiger partial charge in [0.1, 0.15) is 22.0 Å². The van der Waals surface area contributed by atoms with Gasteiger partial charge in [0, 0.05) is 93.2 Å². The van der Waals surface area contributed by atoms with Crippen molar-refractivity contribution in [3.8, 4) is 21.7 Å². The maximum absolute atomic E-state index is 13.6. The van der Waals surface area contributed by atoms with Gasteiger partial charge in [-0.1, -0.05) is 6.07 Å². The lowest BCUT2D eigenvalue weighted by Gasteiger charge is -2.36. The number of fused-ring (bicyclic) bond motifs is 1. The number of carbonyl (C=O) groups is 3. The molecule has 56 heavy (non-hydrogen) atoms.